The van der Waals surface area contributed by atoms with Crippen molar-refractivity contribution in [3.8, 4) is 11.5 Å². The molecule has 0 aliphatic rings. The minimum Gasteiger partial charge on any atom is -0.497 e. The number of methoxy groups -OCH3 is 1. The summed E-state index contributed by atoms with van der Waals surface area (Å²) in [5, 5.41) is 9.02. The number of nitrogens with one attached hydrogen (secondary N) is 3. The summed E-state index contributed by atoms with van der Waals surface area (Å²) in [6.45, 7) is 5.16. The average Bonchev–Trinajstić information content (AvgIpc) is 2.72. The zero-order valence-electron chi connectivity index (χ0n) is 17.9. The van der Waals surface area contributed by atoms with Crippen molar-refractivity contribution in [2.24, 2.45) is 5.10 Å². The molecule has 0 atom stereocenters. The molecule has 0 unspecified atom stereocenters. The first-order chi connectivity index (χ1) is 14.7. The number of ether oxygens (including phenoxy) is 2. The third-order valence-corrected chi connectivity index (χ3v) is 3.70. The standard InChI is InChI=1S/C22H26N4O5/c1-22(2,3)25-20(28)21(29)26-23-13-15-5-9-18(10-6-15)31-14-19(27)24-16-7-11-17(30-4)12-8-16/h5-13H,14H2,1-4H3,(H,24,27)(H,25,28)(H,26,29)/b23-13-. The second kappa shape index (κ2) is 10.8. The molecule has 0 saturated carbocycles. The topological polar surface area (TPSA) is 118 Å². The molecule has 2 aromatic rings. The van der Waals surface area contributed by atoms with Crippen LogP contribution < -0.4 is 25.5 Å². The van der Waals surface area contributed by atoms with E-state index in [2.05, 4.69) is 21.2 Å². The van der Waals surface area contributed by atoms with Gasteiger partial charge < -0.3 is 20.1 Å². The summed E-state index contributed by atoms with van der Waals surface area (Å²) in [7, 11) is 1.57. The van der Waals surface area contributed by atoms with Gasteiger partial charge in [0, 0.05) is 11.2 Å². The number of amides is 3. The van der Waals surface area contributed by atoms with Crippen LogP contribution in [0.1, 0.15) is 26.3 Å². The van der Waals surface area contributed by atoms with Gasteiger partial charge in [0.15, 0.2) is 6.61 Å². The molecule has 3 N–H and O–H groups in total. The molecule has 164 valence electrons. The van der Waals surface area contributed by atoms with Crippen LogP contribution >= 0.6 is 0 Å². The maximum Gasteiger partial charge on any atom is 0.329 e. The molecule has 0 radical (unpaired) electrons. The van der Waals surface area contributed by atoms with E-state index in [1.807, 2.05) is 0 Å². The van der Waals surface area contributed by atoms with Gasteiger partial charge in [-0.25, -0.2) is 5.43 Å². The van der Waals surface area contributed by atoms with Gasteiger partial charge in [-0.15, -0.1) is 0 Å². The van der Waals surface area contributed by atoms with Crippen LogP contribution in [0.3, 0.4) is 0 Å². The molecule has 31 heavy (non-hydrogen) atoms. The third-order valence-electron chi connectivity index (χ3n) is 3.70. The summed E-state index contributed by atoms with van der Waals surface area (Å²) in [6, 6.07) is 13.7. The quantitative estimate of drug-likeness (QED) is 0.356. The number of hydrogen-bond acceptors (Lipinski definition) is 6. The van der Waals surface area contributed by atoms with E-state index in [0.29, 0.717) is 22.7 Å². The number of benzene rings is 2. The Hall–Kier alpha value is -3.88. The fourth-order valence-electron chi connectivity index (χ4n) is 2.28. The Morgan fingerprint density at radius 1 is 0.935 bits per heavy atom. The Balaban J connectivity index is 1.78. The molecule has 2 rings (SSSR count). The third kappa shape index (κ3) is 8.57. The van der Waals surface area contributed by atoms with Gasteiger partial charge in [-0.05, 0) is 74.9 Å². The van der Waals surface area contributed by atoms with Gasteiger partial charge >= 0.3 is 11.8 Å². The van der Waals surface area contributed by atoms with Crippen molar-refractivity contribution >= 4 is 29.6 Å². The van der Waals surface area contributed by atoms with Crippen LogP contribution in [0.5, 0.6) is 11.5 Å². The maximum absolute atomic E-state index is 12.0. The summed E-state index contributed by atoms with van der Waals surface area (Å²) in [4.78, 5) is 35.3. The van der Waals surface area contributed by atoms with Crippen LogP contribution in [0.25, 0.3) is 0 Å². The van der Waals surface area contributed by atoms with Crippen molar-refractivity contribution in [2.75, 3.05) is 19.0 Å². The molecule has 9 heteroatoms. The normalized spacial score (nSPS) is 11.0. The summed E-state index contributed by atoms with van der Waals surface area (Å²) in [5.41, 5.74) is 2.96. The van der Waals surface area contributed by atoms with Crippen LogP contribution in [0.4, 0.5) is 5.69 Å². The van der Waals surface area contributed by atoms with Gasteiger partial charge in [-0.3, -0.25) is 14.4 Å². The molecule has 0 spiro atoms. The van der Waals surface area contributed by atoms with E-state index in [4.69, 9.17) is 9.47 Å². The molecule has 0 aliphatic heterocycles. The molecule has 2 aromatic carbocycles. The number of carbonyl (C=O) groups is 3. The monoisotopic (exact) mass is 426 g/mol. The SMILES string of the molecule is COc1ccc(NC(=O)COc2ccc(/C=N\NC(=O)C(=O)NC(C)(C)C)cc2)cc1. The Labute approximate surface area is 180 Å². The molecule has 0 heterocycles. The van der Waals surface area contributed by atoms with Gasteiger partial charge in [0.25, 0.3) is 5.91 Å². The van der Waals surface area contributed by atoms with E-state index in [-0.39, 0.29) is 12.5 Å². The highest BCUT2D eigenvalue weighted by molar-refractivity contribution is 6.35. The first-order valence-corrected chi connectivity index (χ1v) is 9.48. The Kier molecular flexibility index (Phi) is 8.13. The van der Waals surface area contributed by atoms with E-state index in [0.717, 1.165) is 0 Å². The van der Waals surface area contributed by atoms with Crippen molar-refractivity contribution < 1.29 is 23.9 Å². The average molecular weight is 426 g/mol. The van der Waals surface area contributed by atoms with Crippen molar-refractivity contribution in [3.05, 3.63) is 54.1 Å². The summed E-state index contributed by atoms with van der Waals surface area (Å²) in [5.74, 6) is -0.719. The van der Waals surface area contributed by atoms with E-state index in [9.17, 15) is 14.4 Å². The first-order valence-electron chi connectivity index (χ1n) is 9.48. The first kappa shape index (κ1) is 23.4. The van der Waals surface area contributed by atoms with Crippen molar-refractivity contribution in [3.63, 3.8) is 0 Å². The summed E-state index contributed by atoms with van der Waals surface area (Å²) in [6.07, 6.45) is 1.39. The Morgan fingerprint density at radius 3 is 2.13 bits per heavy atom. The summed E-state index contributed by atoms with van der Waals surface area (Å²) >= 11 is 0. The minimum atomic E-state index is -0.853. The zero-order chi connectivity index (χ0) is 22.9. The molecule has 3 amide bonds. The van der Waals surface area contributed by atoms with Crippen molar-refractivity contribution in [1.29, 1.82) is 0 Å². The largest absolute Gasteiger partial charge is 0.497 e. The highest BCUT2D eigenvalue weighted by Crippen LogP contribution is 2.15. The number of rotatable bonds is 7. The number of carbonyl (C=O) groups excluding carboxylic acids is 3. The van der Waals surface area contributed by atoms with Gasteiger partial charge in [0.05, 0.1) is 13.3 Å². The van der Waals surface area contributed by atoms with Gasteiger partial charge in [-0.1, -0.05) is 0 Å². The fourth-order valence-corrected chi connectivity index (χ4v) is 2.28. The second-order valence-corrected chi connectivity index (χ2v) is 7.54. The molecule has 0 aliphatic carbocycles. The molecule has 0 bridgehead atoms. The number of nitrogens with zero attached hydrogens (tertiary/aromatic N) is 1. The van der Waals surface area contributed by atoms with Crippen molar-refractivity contribution in [1.82, 2.24) is 10.7 Å². The van der Waals surface area contributed by atoms with Gasteiger partial charge in [0.2, 0.25) is 0 Å². The molecular formula is C22H26N4O5. The Bertz CT molecular complexity index is 932. The summed E-state index contributed by atoms with van der Waals surface area (Å²) < 4.78 is 10.5. The highest BCUT2D eigenvalue weighted by atomic mass is 16.5. The Morgan fingerprint density at radius 2 is 1.55 bits per heavy atom. The number of hydrogen-bond donors (Lipinski definition) is 3. The predicted octanol–water partition coefficient (Wildman–Crippen LogP) is 2.08. The van der Waals surface area contributed by atoms with Gasteiger partial charge in [-0.2, -0.15) is 5.10 Å². The van der Waals surface area contributed by atoms with Crippen LogP contribution in [0, 0.1) is 0 Å². The lowest BCUT2D eigenvalue weighted by Gasteiger charge is -2.19. The highest BCUT2D eigenvalue weighted by Gasteiger charge is 2.19. The number of anilines is 1. The maximum atomic E-state index is 12.0. The number of hydrazone groups is 1. The lowest BCUT2D eigenvalue weighted by Crippen LogP contribution is -2.47. The van der Waals surface area contributed by atoms with E-state index in [1.54, 1.807) is 76.4 Å². The molecule has 0 aromatic heterocycles. The lowest BCUT2D eigenvalue weighted by molar-refractivity contribution is -0.140. The molecule has 0 saturated heterocycles. The smallest absolute Gasteiger partial charge is 0.329 e. The van der Waals surface area contributed by atoms with Crippen LogP contribution in [-0.4, -0.2) is 43.2 Å². The van der Waals surface area contributed by atoms with E-state index in [1.165, 1.54) is 6.21 Å². The van der Waals surface area contributed by atoms with Crippen LogP contribution in [0.2, 0.25) is 0 Å². The van der Waals surface area contributed by atoms with Gasteiger partial charge in [0.1, 0.15) is 11.5 Å². The predicted molar refractivity (Wildman–Crippen MR) is 117 cm³/mol. The molecule has 9 nitrogen and oxygen atoms in total. The van der Waals surface area contributed by atoms with Crippen LogP contribution in [0.15, 0.2) is 53.6 Å². The molecular weight excluding hydrogens is 400 g/mol. The van der Waals surface area contributed by atoms with E-state index < -0.39 is 17.4 Å². The van der Waals surface area contributed by atoms with Crippen LogP contribution in [-0.2, 0) is 14.4 Å². The second-order valence-electron chi connectivity index (χ2n) is 7.54. The van der Waals surface area contributed by atoms with E-state index >= 15 is 0 Å². The lowest BCUT2D eigenvalue weighted by atomic mass is 10.1. The van der Waals surface area contributed by atoms with Crippen molar-refractivity contribution in [2.45, 2.75) is 26.3 Å². The molecule has 0 fully saturated rings. The fraction of sp³-hybridized carbons (Fsp3) is 0.273. The zero-order valence-corrected chi connectivity index (χ0v) is 17.9. The minimum absolute atomic E-state index is 0.154.